The summed E-state index contributed by atoms with van der Waals surface area (Å²) in [7, 11) is 1.32. The zero-order chi connectivity index (χ0) is 43.6. The van der Waals surface area contributed by atoms with Crippen molar-refractivity contribution < 1.29 is 74.1 Å². The van der Waals surface area contributed by atoms with Crippen LogP contribution >= 0.6 is 11.6 Å². The van der Waals surface area contributed by atoms with Crippen molar-refractivity contribution in [2.45, 2.75) is 62.8 Å². The van der Waals surface area contributed by atoms with Crippen LogP contribution in [0.3, 0.4) is 0 Å². The predicted molar refractivity (Wildman–Crippen MR) is 191 cm³/mol. The third-order valence-corrected chi connectivity index (χ3v) is 8.69. The summed E-state index contributed by atoms with van der Waals surface area (Å²) < 4.78 is 109. The van der Waals surface area contributed by atoms with Gasteiger partial charge >= 0.3 is 24.0 Å². The van der Waals surface area contributed by atoms with Crippen LogP contribution in [0.15, 0.2) is 72.5 Å². The molecule has 316 valence electrons. The van der Waals surface area contributed by atoms with Gasteiger partial charge in [-0.3, -0.25) is 24.0 Å². The highest BCUT2D eigenvalue weighted by Crippen LogP contribution is 2.31. The first kappa shape index (κ1) is 46.7. The second-order valence-corrected chi connectivity index (χ2v) is 13.6. The Morgan fingerprint density at radius 1 is 0.897 bits per heavy atom. The third-order valence-electron chi connectivity index (χ3n) is 8.45. The summed E-state index contributed by atoms with van der Waals surface area (Å²) in [6.07, 6.45) is -1.48. The van der Waals surface area contributed by atoms with Crippen LogP contribution in [0, 0.1) is 11.8 Å². The molecule has 2 aromatic carbocycles. The van der Waals surface area contributed by atoms with Gasteiger partial charge < -0.3 is 35.8 Å². The van der Waals surface area contributed by atoms with E-state index in [0.29, 0.717) is 5.76 Å². The highest BCUT2D eigenvalue weighted by Gasteiger charge is 2.52. The summed E-state index contributed by atoms with van der Waals surface area (Å²) in [4.78, 5) is 76.9. The number of carboxylic acid groups (broad SMARTS) is 1. The maximum atomic E-state index is 15.5. The number of halogens is 8. The van der Waals surface area contributed by atoms with Crippen molar-refractivity contribution in [3.63, 3.8) is 0 Å². The van der Waals surface area contributed by atoms with Crippen LogP contribution < -0.4 is 26.0 Å². The van der Waals surface area contributed by atoms with Gasteiger partial charge in [-0.1, -0.05) is 55.8 Å². The lowest BCUT2D eigenvalue weighted by Crippen LogP contribution is -2.62. The van der Waals surface area contributed by atoms with Gasteiger partial charge in [-0.2, -0.15) is 30.7 Å². The number of carbonyl (C=O) groups excluding carboxylic acids is 5. The maximum Gasteiger partial charge on any atom is 0.405 e. The number of benzene rings is 2. The number of aliphatic carboxylic acids is 1. The Hall–Kier alpha value is -5.66. The molecule has 4 atom stereocenters. The number of carboxylic acids is 1. The molecule has 0 heterocycles. The molecule has 1 aliphatic carbocycles. The van der Waals surface area contributed by atoms with E-state index in [1.165, 1.54) is 69.5 Å². The van der Waals surface area contributed by atoms with Gasteiger partial charge in [-0.05, 0) is 54.3 Å². The van der Waals surface area contributed by atoms with Gasteiger partial charge in [-0.15, -0.1) is 0 Å². The fraction of sp³-hybridized carbons (Fsp3) is 0.405. The molecule has 21 heteroatoms. The zero-order valence-corrected chi connectivity index (χ0v) is 31.6. The van der Waals surface area contributed by atoms with Crippen LogP contribution in [0.5, 0.6) is 5.75 Å². The van der Waals surface area contributed by atoms with E-state index in [9.17, 15) is 50.7 Å². The van der Waals surface area contributed by atoms with E-state index in [-0.39, 0.29) is 22.8 Å². The topological polar surface area (TPSA) is 189 Å². The van der Waals surface area contributed by atoms with E-state index in [0.717, 1.165) is 23.5 Å². The van der Waals surface area contributed by atoms with Gasteiger partial charge in [0.15, 0.2) is 6.61 Å². The molecule has 0 fully saturated rings. The molecule has 0 spiro atoms. The van der Waals surface area contributed by atoms with Crippen molar-refractivity contribution >= 4 is 47.0 Å². The van der Waals surface area contributed by atoms with Crippen LogP contribution in [0.4, 0.5) is 30.7 Å². The highest BCUT2D eigenvalue weighted by atomic mass is 35.5. The molecule has 0 saturated carbocycles. The Balaban J connectivity index is 1.99. The molecule has 3 rings (SSSR count). The SMILES string of the molecule is COC1=CCC([C@H](NC(=O)[C@H](Cc2ccc(OCC(=O)O)cc2)NC(=O)C(F)(F)c2cccc(Cl)c2)C(=O)N[C@H](C(=O)C(F)(F)C(=O)NCC(F)(F)F)C(C)C)C=C1. The molecule has 0 aromatic heterocycles. The first-order chi connectivity index (χ1) is 27.0. The van der Waals surface area contributed by atoms with E-state index in [1.807, 2.05) is 10.6 Å². The van der Waals surface area contributed by atoms with Gasteiger partial charge in [0.1, 0.15) is 30.1 Å². The van der Waals surface area contributed by atoms with Gasteiger partial charge in [0.25, 0.3) is 11.8 Å². The predicted octanol–water partition coefficient (Wildman–Crippen LogP) is 4.24. The fourth-order valence-electron chi connectivity index (χ4n) is 5.39. The van der Waals surface area contributed by atoms with Crippen molar-refractivity contribution in [3.8, 4) is 5.75 Å². The Morgan fingerprint density at radius 2 is 1.55 bits per heavy atom. The number of methoxy groups -OCH3 is 1. The van der Waals surface area contributed by atoms with Gasteiger partial charge in [0, 0.05) is 22.9 Å². The highest BCUT2D eigenvalue weighted by molar-refractivity contribution is 6.30. The van der Waals surface area contributed by atoms with E-state index in [2.05, 4.69) is 5.32 Å². The van der Waals surface area contributed by atoms with Crippen LogP contribution in [0.1, 0.15) is 31.4 Å². The first-order valence-corrected chi connectivity index (χ1v) is 17.5. The molecule has 5 N–H and O–H groups in total. The maximum absolute atomic E-state index is 15.5. The molecular formula is C37H38ClF7N4O9. The number of ketones is 1. The molecule has 0 bridgehead atoms. The third kappa shape index (κ3) is 12.9. The van der Waals surface area contributed by atoms with Crippen LogP contribution in [-0.2, 0) is 45.8 Å². The molecule has 13 nitrogen and oxygen atoms in total. The Labute approximate surface area is 331 Å². The van der Waals surface area contributed by atoms with Crippen molar-refractivity contribution in [1.82, 2.24) is 21.3 Å². The van der Waals surface area contributed by atoms with Gasteiger partial charge in [-0.25, -0.2) is 4.79 Å². The number of alkyl halides is 7. The quantitative estimate of drug-likeness (QED) is 0.102. The van der Waals surface area contributed by atoms with E-state index < -0.39 is 108 Å². The minimum Gasteiger partial charge on any atom is -0.497 e. The van der Waals surface area contributed by atoms with Crippen LogP contribution in [-0.4, -0.2) is 91.0 Å². The Morgan fingerprint density at radius 3 is 2.09 bits per heavy atom. The number of rotatable bonds is 19. The average molecular weight is 851 g/mol. The molecule has 4 amide bonds. The normalized spacial score (nSPS) is 15.9. The summed E-state index contributed by atoms with van der Waals surface area (Å²) in [5.74, 6) is -21.9. The lowest BCUT2D eigenvalue weighted by Gasteiger charge is -2.31. The molecule has 1 aliphatic rings. The van der Waals surface area contributed by atoms with Crippen LogP contribution in [0.25, 0.3) is 0 Å². The zero-order valence-electron chi connectivity index (χ0n) is 30.8. The number of hydrogen-bond donors (Lipinski definition) is 5. The first-order valence-electron chi connectivity index (χ1n) is 17.1. The van der Waals surface area contributed by atoms with Crippen molar-refractivity contribution in [2.24, 2.45) is 11.8 Å². The Bertz CT molecular complexity index is 1910. The molecule has 58 heavy (non-hydrogen) atoms. The molecule has 0 aliphatic heterocycles. The molecule has 1 unspecified atom stereocenters. The molecule has 0 radical (unpaired) electrons. The fourth-order valence-corrected chi connectivity index (χ4v) is 5.58. The molecule has 2 aromatic rings. The number of carbonyl (C=O) groups is 6. The minimum absolute atomic E-state index is 0.0734. The minimum atomic E-state index is -5.10. The monoisotopic (exact) mass is 850 g/mol. The standard InChI is InChI=1S/C37H38ClF7N4O9/c1-19(2)28(30(52)37(44,45)33(55)46-18-35(39,40)41)48-32(54)29(21-9-13-24(57-3)14-10-21)49-31(53)26(15-20-7-11-25(12-8-20)58-17-27(50)51)47-34(56)36(42,43)22-5-4-6-23(38)16-22/h4-9,11-14,16,19,21,26,28-29H,10,15,17-18H2,1-3H3,(H,46,55)(H,47,56)(H,48,54)(H,49,53)(H,50,51)/t21?,26-,28-,29-/m0/s1. The van der Waals surface area contributed by atoms with Crippen molar-refractivity contribution in [1.29, 1.82) is 0 Å². The number of ether oxygens (including phenoxy) is 2. The lowest BCUT2D eigenvalue weighted by molar-refractivity contribution is -0.165. The van der Waals surface area contributed by atoms with Gasteiger partial charge in [0.05, 0.1) is 13.2 Å². The van der Waals surface area contributed by atoms with Crippen LogP contribution in [0.2, 0.25) is 5.02 Å². The number of Topliss-reactive ketones (excluding diaryl/α,β-unsaturated/α-hetero) is 1. The summed E-state index contributed by atoms with van der Waals surface area (Å²) in [6, 6.07) is 3.47. The van der Waals surface area contributed by atoms with Crippen molar-refractivity contribution in [2.75, 3.05) is 20.3 Å². The summed E-state index contributed by atoms with van der Waals surface area (Å²) in [5.41, 5.74) is -0.632. The summed E-state index contributed by atoms with van der Waals surface area (Å²) in [6.45, 7) is -0.529. The van der Waals surface area contributed by atoms with Gasteiger partial charge in [0.2, 0.25) is 17.6 Å². The number of hydrogen-bond acceptors (Lipinski definition) is 8. The summed E-state index contributed by atoms with van der Waals surface area (Å²) in [5, 5.41) is 16.0. The van der Waals surface area contributed by atoms with Crippen molar-refractivity contribution in [3.05, 3.63) is 88.7 Å². The number of allylic oxidation sites excluding steroid dienone is 2. The smallest absolute Gasteiger partial charge is 0.405 e. The van der Waals surface area contributed by atoms with E-state index >= 15 is 8.78 Å². The number of nitrogens with one attached hydrogen (secondary N) is 4. The molecule has 0 saturated heterocycles. The Kier molecular flexibility index (Phi) is 15.8. The molecular weight excluding hydrogens is 813 g/mol. The second-order valence-electron chi connectivity index (χ2n) is 13.2. The lowest BCUT2D eigenvalue weighted by atomic mass is 9.89. The largest absolute Gasteiger partial charge is 0.497 e. The van der Waals surface area contributed by atoms with E-state index in [4.69, 9.17) is 26.2 Å². The summed E-state index contributed by atoms with van der Waals surface area (Å²) >= 11 is 5.85. The number of amides is 4. The second kappa shape index (κ2) is 19.7. The van der Waals surface area contributed by atoms with E-state index in [1.54, 1.807) is 0 Å². The average Bonchev–Trinajstić information content (AvgIpc) is 3.16.